The molecule has 0 aromatic carbocycles. The molecular formula is C15H28ClN3O2. The number of piperidine rings is 1. The summed E-state index contributed by atoms with van der Waals surface area (Å²) in [4.78, 5) is 26.3. The van der Waals surface area contributed by atoms with Crippen molar-refractivity contribution in [1.29, 1.82) is 0 Å². The second kappa shape index (κ2) is 7.45. The van der Waals surface area contributed by atoms with E-state index in [1.807, 2.05) is 25.7 Å². The third-order valence-corrected chi connectivity index (χ3v) is 4.15. The summed E-state index contributed by atoms with van der Waals surface area (Å²) in [6, 6.07) is 0. The molecule has 2 saturated heterocycles. The maximum atomic E-state index is 12.3. The largest absolute Gasteiger partial charge is 0.355 e. The van der Waals surface area contributed by atoms with Gasteiger partial charge in [-0.3, -0.25) is 9.59 Å². The van der Waals surface area contributed by atoms with Crippen LogP contribution in [0.15, 0.2) is 0 Å². The number of nitrogens with one attached hydrogen (secondary N) is 2. The minimum absolute atomic E-state index is 0. The molecule has 2 aliphatic rings. The molecule has 2 heterocycles. The summed E-state index contributed by atoms with van der Waals surface area (Å²) in [5.41, 5.74) is -0.365. The van der Waals surface area contributed by atoms with E-state index in [9.17, 15) is 9.59 Å². The molecule has 0 bridgehead atoms. The first-order chi connectivity index (χ1) is 9.38. The summed E-state index contributed by atoms with van der Waals surface area (Å²) in [5, 5.41) is 6.23. The minimum atomic E-state index is -0.365. The number of rotatable bonds is 3. The average Bonchev–Trinajstić information content (AvgIpc) is 2.35. The number of carbonyl (C=O) groups excluding carboxylic acids is 2. The fourth-order valence-electron chi connectivity index (χ4n) is 2.73. The van der Waals surface area contributed by atoms with Crippen molar-refractivity contribution in [3.63, 3.8) is 0 Å². The summed E-state index contributed by atoms with van der Waals surface area (Å²) in [6.07, 6.45) is 1.81. The highest BCUT2D eigenvalue weighted by Gasteiger charge is 2.33. The molecule has 2 fully saturated rings. The highest BCUT2D eigenvalue weighted by atomic mass is 35.5. The Labute approximate surface area is 133 Å². The third kappa shape index (κ3) is 4.85. The normalized spacial score (nSPS) is 23.0. The molecule has 0 spiro atoms. The summed E-state index contributed by atoms with van der Waals surface area (Å²) in [5.74, 6) is 0.805. The molecule has 1 atom stereocenters. The zero-order valence-corrected chi connectivity index (χ0v) is 14.1. The van der Waals surface area contributed by atoms with Crippen molar-refractivity contribution < 1.29 is 9.59 Å². The molecule has 122 valence electrons. The van der Waals surface area contributed by atoms with Crippen molar-refractivity contribution in [2.45, 2.75) is 33.6 Å². The van der Waals surface area contributed by atoms with E-state index in [0.29, 0.717) is 12.5 Å². The van der Waals surface area contributed by atoms with Gasteiger partial charge in [0.15, 0.2) is 0 Å². The van der Waals surface area contributed by atoms with E-state index < -0.39 is 0 Å². The molecule has 0 aromatic heterocycles. The molecule has 2 N–H and O–H groups in total. The van der Waals surface area contributed by atoms with Crippen molar-refractivity contribution in [3.8, 4) is 0 Å². The highest BCUT2D eigenvalue weighted by molar-refractivity contribution is 5.85. The Bertz CT molecular complexity index is 378. The van der Waals surface area contributed by atoms with Crippen LogP contribution in [0.25, 0.3) is 0 Å². The Morgan fingerprint density at radius 3 is 2.48 bits per heavy atom. The maximum absolute atomic E-state index is 12.3. The first-order valence-electron chi connectivity index (χ1n) is 7.65. The Hall–Kier alpha value is -0.810. The van der Waals surface area contributed by atoms with Gasteiger partial charge in [0.1, 0.15) is 0 Å². The van der Waals surface area contributed by atoms with E-state index in [2.05, 4.69) is 10.6 Å². The van der Waals surface area contributed by atoms with E-state index in [1.54, 1.807) is 0 Å². The number of likely N-dealkylation sites (tertiary alicyclic amines) is 1. The molecule has 2 rings (SSSR count). The number of nitrogens with zero attached hydrogens (tertiary/aromatic N) is 1. The molecule has 0 aromatic rings. The molecule has 2 amide bonds. The number of hydrogen-bond donors (Lipinski definition) is 2. The van der Waals surface area contributed by atoms with E-state index in [-0.39, 0.29) is 35.6 Å². The minimum Gasteiger partial charge on any atom is -0.355 e. The quantitative estimate of drug-likeness (QED) is 0.817. The van der Waals surface area contributed by atoms with Gasteiger partial charge in [-0.05, 0) is 12.8 Å². The van der Waals surface area contributed by atoms with Crippen LogP contribution in [0.3, 0.4) is 0 Å². The predicted molar refractivity (Wildman–Crippen MR) is 85.4 cm³/mol. The van der Waals surface area contributed by atoms with E-state index in [4.69, 9.17) is 0 Å². The SMILES string of the molecule is CC(C)(C)C(=O)N1CCCC(C(=O)NCC2CNC2)C1.Cl. The van der Waals surface area contributed by atoms with Crippen LogP contribution in [0.2, 0.25) is 0 Å². The lowest BCUT2D eigenvalue weighted by Crippen LogP contribution is -2.51. The van der Waals surface area contributed by atoms with Crippen LogP contribution in [0.4, 0.5) is 0 Å². The zero-order valence-electron chi connectivity index (χ0n) is 13.3. The van der Waals surface area contributed by atoms with Gasteiger partial charge in [0.25, 0.3) is 0 Å². The van der Waals surface area contributed by atoms with Crippen molar-refractivity contribution in [2.24, 2.45) is 17.3 Å². The first-order valence-corrected chi connectivity index (χ1v) is 7.65. The zero-order chi connectivity index (χ0) is 14.8. The van der Waals surface area contributed by atoms with Gasteiger partial charge in [-0.25, -0.2) is 0 Å². The number of halogens is 1. The lowest BCUT2D eigenvalue weighted by atomic mass is 9.90. The highest BCUT2D eigenvalue weighted by Crippen LogP contribution is 2.23. The van der Waals surface area contributed by atoms with Gasteiger partial charge < -0.3 is 15.5 Å². The van der Waals surface area contributed by atoms with Crippen LogP contribution in [-0.4, -0.2) is 49.4 Å². The van der Waals surface area contributed by atoms with Gasteiger partial charge in [0, 0.05) is 44.1 Å². The molecular weight excluding hydrogens is 290 g/mol. The van der Waals surface area contributed by atoms with Crippen molar-refractivity contribution in [3.05, 3.63) is 0 Å². The van der Waals surface area contributed by atoms with E-state index in [1.165, 1.54) is 0 Å². The smallest absolute Gasteiger partial charge is 0.227 e. The molecule has 21 heavy (non-hydrogen) atoms. The lowest BCUT2D eigenvalue weighted by Gasteiger charge is -2.36. The molecule has 0 aliphatic carbocycles. The fraction of sp³-hybridized carbons (Fsp3) is 0.867. The monoisotopic (exact) mass is 317 g/mol. The predicted octanol–water partition coefficient (Wildman–Crippen LogP) is 1.03. The molecule has 1 unspecified atom stereocenters. The van der Waals surface area contributed by atoms with Gasteiger partial charge in [-0.2, -0.15) is 0 Å². The molecule has 0 saturated carbocycles. The maximum Gasteiger partial charge on any atom is 0.227 e. The van der Waals surface area contributed by atoms with Gasteiger partial charge >= 0.3 is 0 Å². The summed E-state index contributed by atoms with van der Waals surface area (Å²) in [6.45, 7) is 9.92. The summed E-state index contributed by atoms with van der Waals surface area (Å²) < 4.78 is 0. The van der Waals surface area contributed by atoms with Crippen LogP contribution in [0.1, 0.15) is 33.6 Å². The topological polar surface area (TPSA) is 61.4 Å². The number of amides is 2. The molecule has 0 radical (unpaired) electrons. The van der Waals surface area contributed by atoms with Gasteiger partial charge in [-0.1, -0.05) is 20.8 Å². The molecule has 6 heteroatoms. The average molecular weight is 318 g/mol. The second-order valence-corrected chi connectivity index (χ2v) is 7.11. The van der Waals surface area contributed by atoms with Gasteiger partial charge in [0.2, 0.25) is 11.8 Å². The van der Waals surface area contributed by atoms with E-state index in [0.717, 1.165) is 39.0 Å². The van der Waals surface area contributed by atoms with Crippen LogP contribution in [-0.2, 0) is 9.59 Å². The van der Waals surface area contributed by atoms with Crippen LogP contribution in [0.5, 0.6) is 0 Å². The fourth-order valence-corrected chi connectivity index (χ4v) is 2.73. The van der Waals surface area contributed by atoms with Gasteiger partial charge in [0.05, 0.1) is 5.92 Å². The Morgan fingerprint density at radius 1 is 1.29 bits per heavy atom. The van der Waals surface area contributed by atoms with Crippen molar-refractivity contribution in [2.75, 3.05) is 32.7 Å². The van der Waals surface area contributed by atoms with Crippen molar-refractivity contribution >= 4 is 24.2 Å². The van der Waals surface area contributed by atoms with Crippen LogP contribution in [0, 0.1) is 17.3 Å². The Balaban J connectivity index is 0.00000220. The Kier molecular flexibility index (Phi) is 6.47. The first kappa shape index (κ1) is 18.2. The molecule has 2 aliphatic heterocycles. The Morgan fingerprint density at radius 2 is 1.95 bits per heavy atom. The number of carbonyl (C=O) groups is 2. The van der Waals surface area contributed by atoms with E-state index >= 15 is 0 Å². The molecule has 5 nitrogen and oxygen atoms in total. The van der Waals surface area contributed by atoms with Crippen molar-refractivity contribution in [1.82, 2.24) is 15.5 Å². The summed E-state index contributed by atoms with van der Waals surface area (Å²) >= 11 is 0. The van der Waals surface area contributed by atoms with Crippen LogP contribution >= 0.6 is 12.4 Å². The second-order valence-electron chi connectivity index (χ2n) is 7.11. The standard InChI is InChI=1S/C15H27N3O2.ClH/c1-15(2,3)14(20)18-6-4-5-12(10-18)13(19)17-9-11-7-16-8-11;/h11-12,16H,4-10H2,1-3H3,(H,17,19);1H. The number of hydrogen-bond acceptors (Lipinski definition) is 3. The van der Waals surface area contributed by atoms with Gasteiger partial charge in [-0.15, -0.1) is 12.4 Å². The third-order valence-electron chi connectivity index (χ3n) is 4.15. The van der Waals surface area contributed by atoms with Crippen LogP contribution < -0.4 is 10.6 Å². The lowest BCUT2D eigenvalue weighted by molar-refractivity contribution is -0.142. The summed E-state index contributed by atoms with van der Waals surface area (Å²) in [7, 11) is 0.